The standard InChI is InChI=1S/C17H8ClN5/c18-13-4-1-11(2-5-13)16-6-3-12(10-21-16)17-22-14(8-19)7-15(9-20)23-17/h1-7,10H. The van der Waals surface area contributed by atoms with E-state index in [1.807, 2.05) is 30.3 Å². The van der Waals surface area contributed by atoms with Gasteiger partial charge < -0.3 is 0 Å². The summed E-state index contributed by atoms with van der Waals surface area (Å²) in [6, 6.07) is 16.2. The van der Waals surface area contributed by atoms with Crippen molar-refractivity contribution >= 4 is 11.6 Å². The highest BCUT2D eigenvalue weighted by atomic mass is 35.5. The quantitative estimate of drug-likeness (QED) is 0.720. The SMILES string of the molecule is N#Cc1cc(C#N)nc(-c2ccc(-c3ccc(Cl)cc3)nc2)n1. The molecule has 1 aromatic carbocycles. The molecule has 2 aromatic heterocycles. The van der Waals surface area contributed by atoms with E-state index in [1.165, 1.54) is 6.07 Å². The van der Waals surface area contributed by atoms with Crippen LogP contribution in [0.3, 0.4) is 0 Å². The first-order chi connectivity index (χ1) is 11.2. The van der Waals surface area contributed by atoms with Gasteiger partial charge in [0.15, 0.2) is 5.82 Å². The Hall–Kier alpha value is -3.28. The molecule has 6 heteroatoms. The summed E-state index contributed by atoms with van der Waals surface area (Å²) in [4.78, 5) is 12.6. The molecule has 0 amide bonds. The fourth-order valence-corrected chi connectivity index (χ4v) is 2.13. The smallest absolute Gasteiger partial charge is 0.163 e. The highest BCUT2D eigenvalue weighted by Gasteiger charge is 2.08. The van der Waals surface area contributed by atoms with Crippen LogP contribution in [0, 0.1) is 22.7 Å². The molecule has 0 spiro atoms. The van der Waals surface area contributed by atoms with Crippen molar-refractivity contribution in [3.05, 3.63) is 65.1 Å². The second-order valence-corrected chi connectivity index (χ2v) is 5.06. The molecule has 0 aliphatic carbocycles. The Balaban J connectivity index is 1.98. The Morgan fingerprint density at radius 1 is 0.826 bits per heavy atom. The van der Waals surface area contributed by atoms with E-state index in [0.29, 0.717) is 16.4 Å². The zero-order valence-corrected chi connectivity index (χ0v) is 12.5. The Bertz CT molecular complexity index is 902. The number of rotatable bonds is 2. The zero-order valence-electron chi connectivity index (χ0n) is 11.7. The Labute approximate surface area is 137 Å². The molecule has 0 saturated carbocycles. The van der Waals surface area contributed by atoms with Crippen LogP contribution in [0.25, 0.3) is 22.6 Å². The predicted molar refractivity (Wildman–Crippen MR) is 85.1 cm³/mol. The van der Waals surface area contributed by atoms with Crippen molar-refractivity contribution in [2.24, 2.45) is 0 Å². The number of aromatic nitrogens is 3. The summed E-state index contributed by atoms with van der Waals surface area (Å²) in [6.45, 7) is 0. The number of nitriles is 2. The van der Waals surface area contributed by atoms with Gasteiger partial charge in [-0.1, -0.05) is 23.7 Å². The molecule has 0 fully saturated rings. The molecule has 0 aliphatic rings. The lowest BCUT2D eigenvalue weighted by Gasteiger charge is -2.04. The number of nitrogens with zero attached hydrogens (tertiary/aromatic N) is 5. The van der Waals surface area contributed by atoms with Crippen LogP contribution in [0.4, 0.5) is 0 Å². The molecule has 108 valence electrons. The molecule has 5 nitrogen and oxygen atoms in total. The van der Waals surface area contributed by atoms with Crippen LogP contribution in [-0.2, 0) is 0 Å². The van der Waals surface area contributed by atoms with Gasteiger partial charge in [-0.15, -0.1) is 0 Å². The van der Waals surface area contributed by atoms with Crippen molar-refractivity contribution in [2.75, 3.05) is 0 Å². The molecule has 0 aliphatic heterocycles. The number of pyridine rings is 1. The molecule has 0 saturated heterocycles. The van der Waals surface area contributed by atoms with Crippen LogP contribution in [0.1, 0.15) is 11.4 Å². The third-order valence-electron chi connectivity index (χ3n) is 3.12. The van der Waals surface area contributed by atoms with Crippen LogP contribution in [0.15, 0.2) is 48.7 Å². The lowest BCUT2D eigenvalue weighted by atomic mass is 10.1. The summed E-state index contributed by atoms with van der Waals surface area (Å²) in [5, 5.41) is 18.6. The van der Waals surface area contributed by atoms with Gasteiger partial charge in [-0.3, -0.25) is 4.98 Å². The third kappa shape index (κ3) is 3.16. The first-order valence-electron chi connectivity index (χ1n) is 6.61. The monoisotopic (exact) mass is 317 g/mol. The van der Waals surface area contributed by atoms with Gasteiger partial charge in [-0.2, -0.15) is 10.5 Å². The van der Waals surface area contributed by atoms with E-state index in [4.69, 9.17) is 22.1 Å². The highest BCUT2D eigenvalue weighted by Crippen LogP contribution is 2.22. The Morgan fingerprint density at radius 2 is 1.43 bits per heavy atom. The fraction of sp³-hybridized carbons (Fsp3) is 0. The van der Waals surface area contributed by atoms with E-state index in [2.05, 4.69) is 15.0 Å². The maximum Gasteiger partial charge on any atom is 0.163 e. The van der Waals surface area contributed by atoms with Gasteiger partial charge in [0.05, 0.1) is 5.69 Å². The maximum atomic E-state index is 8.97. The molecule has 3 aromatic rings. The summed E-state index contributed by atoms with van der Waals surface area (Å²) in [6.07, 6.45) is 1.61. The van der Waals surface area contributed by atoms with E-state index in [-0.39, 0.29) is 11.4 Å². The van der Waals surface area contributed by atoms with Gasteiger partial charge in [0, 0.05) is 28.4 Å². The second-order valence-electron chi connectivity index (χ2n) is 4.62. The fourth-order valence-electron chi connectivity index (χ4n) is 2.01. The Kier molecular flexibility index (Phi) is 3.97. The normalized spacial score (nSPS) is 9.87. The Morgan fingerprint density at radius 3 is 1.96 bits per heavy atom. The predicted octanol–water partition coefficient (Wildman–Crippen LogP) is 3.60. The van der Waals surface area contributed by atoms with Crippen molar-refractivity contribution in [3.8, 4) is 34.8 Å². The molecule has 2 heterocycles. The number of hydrogen-bond acceptors (Lipinski definition) is 5. The molecular formula is C17H8ClN5. The van der Waals surface area contributed by atoms with Crippen molar-refractivity contribution < 1.29 is 0 Å². The van der Waals surface area contributed by atoms with E-state index in [1.54, 1.807) is 24.4 Å². The van der Waals surface area contributed by atoms with E-state index in [9.17, 15) is 0 Å². The van der Waals surface area contributed by atoms with Gasteiger partial charge >= 0.3 is 0 Å². The van der Waals surface area contributed by atoms with Crippen LogP contribution >= 0.6 is 11.6 Å². The minimum atomic E-state index is 0.147. The van der Waals surface area contributed by atoms with Crippen molar-refractivity contribution in [2.45, 2.75) is 0 Å². The van der Waals surface area contributed by atoms with Crippen LogP contribution in [0.5, 0.6) is 0 Å². The third-order valence-corrected chi connectivity index (χ3v) is 3.37. The van der Waals surface area contributed by atoms with Crippen LogP contribution in [-0.4, -0.2) is 15.0 Å². The van der Waals surface area contributed by atoms with E-state index in [0.717, 1.165) is 11.3 Å². The summed E-state index contributed by atoms with van der Waals surface area (Å²) >= 11 is 5.87. The van der Waals surface area contributed by atoms with Crippen LogP contribution in [0.2, 0.25) is 5.02 Å². The lowest BCUT2D eigenvalue weighted by molar-refractivity contribution is 1.12. The van der Waals surface area contributed by atoms with Gasteiger partial charge in [-0.05, 0) is 24.3 Å². The molecule has 0 radical (unpaired) electrons. The minimum Gasteiger partial charge on any atom is -0.255 e. The number of halogens is 1. The summed E-state index contributed by atoms with van der Waals surface area (Å²) in [5.41, 5.74) is 2.64. The number of benzene rings is 1. The average molecular weight is 318 g/mol. The van der Waals surface area contributed by atoms with Crippen molar-refractivity contribution in [1.82, 2.24) is 15.0 Å². The van der Waals surface area contributed by atoms with E-state index < -0.39 is 0 Å². The zero-order chi connectivity index (χ0) is 16.2. The minimum absolute atomic E-state index is 0.147. The van der Waals surface area contributed by atoms with E-state index >= 15 is 0 Å². The van der Waals surface area contributed by atoms with Gasteiger partial charge in [0.25, 0.3) is 0 Å². The van der Waals surface area contributed by atoms with Crippen molar-refractivity contribution in [1.29, 1.82) is 10.5 Å². The topological polar surface area (TPSA) is 86.2 Å². The summed E-state index contributed by atoms with van der Waals surface area (Å²) < 4.78 is 0. The maximum absolute atomic E-state index is 8.97. The molecule has 23 heavy (non-hydrogen) atoms. The molecule has 0 N–H and O–H groups in total. The highest BCUT2D eigenvalue weighted by molar-refractivity contribution is 6.30. The first kappa shape index (κ1) is 14.6. The lowest BCUT2D eigenvalue weighted by Crippen LogP contribution is -1.96. The number of hydrogen-bond donors (Lipinski definition) is 0. The molecule has 0 bridgehead atoms. The van der Waals surface area contributed by atoms with Crippen molar-refractivity contribution in [3.63, 3.8) is 0 Å². The van der Waals surface area contributed by atoms with Gasteiger partial charge in [0.2, 0.25) is 0 Å². The molecule has 0 atom stereocenters. The van der Waals surface area contributed by atoms with Crippen LogP contribution < -0.4 is 0 Å². The largest absolute Gasteiger partial charge is 0.255 e. The second kappa shape index (κ2) is 6.23. The molecule has 3 rings (SSSR count). The average Bonchev–Trinajstić information content (AvgIpc) is 2.62. The molecule has 0 unspecified atom stereocenters. The van der Waals surface area contributed by atoms with Gasteiger partial charge in [0.1, 0.15) is 23.5 Å². The summed E-state index contributed by atoms with van der Waals surface area (Å²) in [7, 11) is 0. The van der Waals surface area contributed by atoms with Gasteiger partial charge in [-0.25, -0.2) is 9.97 Å². The summed E-state index contributed by atoms with van der Waals surface area (Å²) in [5.74, 6) is 0.302. The first-order valence-corrected chi connectivity index (χ1v) is 6.99. The molecular weight excluding hydrogens is 310 g/mol.